The largest absolute Gasteiger partial charge is 0.0836 e. The van der Waals surface area contributed by atoms with Gasteiger partial charge in [0.1, 0.15) is 0 Å². The zero-order chi connectivity index (χ0) is 14.1. The predicted molar refractivity (Wildman–Crippen MR) is 89.5 cm³/mol. The van der Waals surface area contributed by atoms with Crippen LogP contribution in [-0.4, -0.2) is 0 Å². The van der Waals surface area contributed by atoms with Crippen molar-refractivity contribution in [3.63, 3.8) is 0 Å². The number of hydrogen-bond donors (Lipinski definition) is 0. The molecule has 0 amide bonds. The summed E-state index contributed by atoms with van der Waals surface area (Å²) in [5.41, 5.74) is 4.32. The van der Waals surface area contributed by atoms with Gasteiger partial charge in [0.2, 0.25) is 0 Å². The van der Waals surface area contributed by atoms with Crippen LogP contribution in [0.1, 0.15) is 53.6 Å². The zero-order valence-electron chi connectivity index (χ0n) is 12.1. The fourth-order valence-electron chi connectivity index (χ4n) is 2.93. The third kappa shape index (κ3) is 2.83. The third-order valence-electron chi connectivity index (χ3n) is 4.36. The Morgan fingerprint density at radius 1 is 0.900 bits per heavy atom. The summed E-state index contributed by atoms with van der Waals surface area (Å²) in [5, 5.41) is 0. The smallest absolute Gasteiger partial charge is 0.0429 e. The second kappa shape index (κ2) is 5.73. The molecule has 1 aliphatic rings. The van der Waals surface area contributed by atoms with E-state index in [1.54, 1.807) is 0 Å². The molecule has 3 rings (SSSR count). The van der Waals surface area contributed by atoms with Crippen LogP contribution in [-0.2, 0) is 0 Å². The second-order valence-electron chi connectivity index (χ2n) is 6.14. The maximum Gasteiger partial charge on any atom is 0.0429 e. The van der Waals surface area contributed by atoms with Gasteiger partial charge in [-0.1, -0.05) is 84.4 Å². The summed E-state index contributed by atoms with van der Waals surface area (Å²) >= 11 is 3.91. The molecule has 0 radical (unpaired) electrons. The maximum atomic E-state index is 3.91. The lowest BCUT2D eigenvalue weighted by Crippen LogP contribution is -1.96. The van der Waals surface area contributed by atoms with Crippen LogP contribution in [0.15, 0.2) is 54.6 Å². The monoisotopic (exact) mass is 328 g/mol. The maximum absolute atomic E-state index is 3.91. The molecule has 0 spiro atoms. The van der Waals surface area contributed by atoms with E-state index in [-0.39, 0.29) is 0 Å². The highest BCUT2D eigenvalue weighted by Crippen LogP contribution is 2.57. The molecule has 3 unspecified atom stereocenters. The first-order valence-corrected chi connectivity index (χ1v) is 8.37. The van der Waals surface area contributed by atoms with Crippen LogP contribution in [0.2, 0.25) is 0 Å². The first-order valence-electron chi connectivity index (χ1n) is 7.45. The molecule has 2 aromatic carbocycles. The van der Waals surface area contributed by atoms with Gasteiger partial charge in [0.15, 0.2) is 0 Å². The van der Waals surface area contributed by atoms with Crippen molar-refractivity contribution in [1.29, 1.82) is 0 Å². The Morgan fingerprint density at radius 2 is 1.50 bits per heavy atom. The van der Waals surface area contributed by atoms with E-state index in [0.29, 0.717) is 10.7 Å². The minimum atomic E-state index is 0.480. The molecular formula is C19H21Br. The lowest BCUT2D eigenvalue weighted by Gasteiger charge is -2.12. The van der Waals surface area contributed by atoms with Crippen molar-refractivity contribution < 1.29 is 0 Å². The van der Waals surface area contributed by atoms with Crippen LogP contribution in [0, 0.1) is 5.92 Å². The molecule has 1 saturated carbocycles. The van der Waals surface area contributed by atoms with Crippen molar-refractivity contribution in [2.45, 2.75) is 36.9 Å². The van der Waals surface area contributed by atoms with Gasteiger partial charge in [-0.2, -0.15) is 0 Å². The van der Waals surface area contributed by atoms with Gasteiger partial charge in [-0.15, -0.1) is 0 Å². The number of alkyl halides is 1. The quantitative estimate of drug-likeness (QED) is 0.599. The standard InChI is InChI=1S/C19H21Br/c1-13(2)14-8-10-16(11-9-14)19(20)18-12-17(18)15-6-4-3-5-7-15/h3-11,13,17-19H,12H2,1-2H3. The highest BCUT2D eigenvalue weighted by atomic mass is 79.9. The highest BCUT2D eigenvalue weighted by Gasteiger charge is 2.43. The van der Waals surface area contributed by atoms with Crippen molar-refractivity contribution in [2.24, 2.45) is 5.92 Å². The first kappa shape index (κ1) is 13.9. The summed E-state index contributed by atoms with van der Waals surface area (Å²) in [6.07, 6.45) is 1.30. The first-order chi connectivity index (χ1) is 9.66. The molecule has 1 aliphatic carbocycles. The summed E-state index contributed by atoms with van der Waals surface area (Å²) < 4.78 is 0. The van der Waals surface area contributed by atoms with Gasteiger partial charge in [-0.25, -0.2) is 0 Å². The average molecular weight is 329 g/mol. The van der Waals surface area contributed by atoms with E-state index in [1.807, 2.05) is 0 Å². The molecule has 0 heterocycles. The van der Waals surface area contributed by atoms with E-state index in [2.05, 4.69) is 84.4 Å². The minimum Gasteiger partial charge on any atom is -0.0836 e. The lowest BCUT2D eigenvalue weighted by molar-refractivity contribution is 0.784. The number of rotatable bonds is 4. The van der Waals surface area contributed by atoms with Crippen molar-refractivity contribution in [2.75, 3.05) is 0 Å². The molecule has 0 saturated heterocycles. The van der Waals surface area contributed by atoms with Crippen molar-refractivity contribution in [3.8, 4) is 0 Å². The Morgan fingerprint density at radius 3 is 2.10 bits per heavy atom. The van der Waals surface area contributed by atoms with Crippen LogP contribution in [0.5, 0.6) is 0 Å². The summed E-state index contributed by atoms with van der Waals surface area (Å²) in [6, 6.07) is 20.0. The van der Waals surface area contributed by atoms with E-state index in [9.17, 15) is 0 Å². The van der Waals surface area contributed by atoms with Gasteiger partial charge in [0.05, 0.1) is 0 Å². The Hall–Kier alpha value is -1.08. The summed E-state index contributed by atoms with van der Waals surface area (Å²) in [6.45, 7) is 4.49. The topological polar surface area (TPSA) is 0 Å². The zero-order valence-corrected chi connectivity index (χ0v) is 13.7. The molecule has 0 N–H and O–H groups in total. The van der Waals surface area contributed by atoms with E-state index >= 15 is 0 Å². The van der Waals surface area contributed by atoms with Gasteiger partial charge in [0, 0.05) is 4.83 Å². The van der Waals surface area contributed by atoms with Crippen LogP contribution in [0.3, 0.4) is 0 Å². The Balaban J connectivity index is 1.70. The second-order valence-corrected chi connectivity index (χ2v) is 7.13. The molecular weight excluding hydrogens is 308 g/mol. The molecule has 104 valence electrons. The Bertz CT molecular complexity index is 556. The molecule has 1 fully saturated rings. The average Bonchev–Trinajstić information content (AvgIpc) is 3.28. The molecule has 0 nitrogen and oxygen atoms in total. The Kier molecular flexibility index (Phi) is 3.98. The van der Waals surface area contributed by atoms with Crippen LogP contribution in [0.25, 0.3) is 0 Å². The number of hydrogen-bond acceptors (Lipinski definition) is 0. The van der Waals surface area contributed by atoms with Gasteiger partial charge < -0.3 is 0 Å². The minimum absolute atomic E-state index is 0.480. The molecule has 0 aromatic heterocycles. The normalized spacial score (nSPS) is 22.8. The van der Waals surface area contributed by atoms with E-state index in [0.717, 1.165) is 11.8 Å². The fraction of sp³-hybridized carbons (Fsp3) is 0.368. The molecule has 0 aliphatic heterocycles. The summed E-state index contributed by atoms with van der Waals surface area (Å²) in [4.78, 5) is 0.480. The van der Waals surface area contributed by atoms with Crippen molar-refractivity contribution in [3.05, 3.63) is 71.3 Å². The Labute approximate surface area is 130 Å². The van der Waals surface area contributed by atoms with Crippen molar-refractivity contribution in [1.82, 2.24) is 0 Å². The predicted octanol–water partition coefficient (Wildman–Crippen LogP) is 6.05. The van der Waals surface area contributed by atoms with Crippen LogP contribution in [0.4, 0.5) is 0 Å². The van der Waals surface area contributed by atoms with Crippen molar-refractivity contribution >= 4 is 15.9 Å². The van der Waals surface area contributed by atoms with E-state index in [1.165, 1.54) is 23.1 Å². The number of halogens is 1. The van der Waals surface area contributed by atoms with Gasteiger partial charge in [-0.05, 0) is 40.9 Å². The van der Waals surface area contributed by atoms with Crippen LogP contribution >= 0.6 is 15.9 Å². The molecule has 2 aromatic rings. The van der Waals surface area contributed by atoms with Gasteiger partial charge >= 0.3 is 0 Å². The summed E-state index contributed by atoms with van der Waals surface area (Å²) in [5.74, 6) is 2.07. The van der Waals surface area contributed by atoms with Gasteiger partial charge in [0.25, 0.3) is 0 Å². The molecule has 1 heteroatoms. The number of benzene rings is 2. The van der Waals surface area contributed by atoms with E-state index in [4.69, 9.17) is 0 Å². The van der Waals surface area contributed by atoms with Crippen LogP contribution < -0.4 is 0 Å². The summed E-state index contributed by atoms with van der Waals surface area (Å²) in [7, 11) is 0. The third-order valence-corrected chi connectivity index (χ3v) is 5.57. The SMILES string of the molecule is CC(C)c1ccc(C(Br)C2CC2c2ccccc2)cc1. The highest BCUT2D eigenvalue weighted by molar-refractivity contribution is 9.09. The van der Waals surface area contributed by atoms with Gasteiger partial charge in [-0.3, -0.25) is 0 Å². The molecule has 0 bridgehead atoms. The fourth-order valence-corrected chi connectivity index (χ4v) is 3.82. The van der Waals surface area contributed by atoms with E-state index < -0.39 is 0 Å². The molecule has 20 heavy (non-hydrogen) atoms. The lowest BCUT2D eigenvalue weighted by atomic mass is 9.99. The molecule has 3 atom stereocenters.